The molecule has 1 amide bonds. The summed E-state index contributed by atoms with van der Waals surface area (Å²) in [6.45, 7) is 6.47. The SMILES string of the molecule is C=Cc1cc[n+](CCCCCC(=O)NCCCCCCn2ccnc2-c2nccn2C)cc1. The quantitative estimate of drug-likeness (QED) is 0.280. The fourth-order valence-corrected chi connectivity index (χ4v) is 3.86. The molecule has 7 heteroatoms. The lowest BCUT2D eigenvalue weighted by atomic mass is 10.1. The van der Waals surface area contributed by atoms with Crippen LogP contribution in [0.15, 0.2) is 55.9 Å². The minimum Gasteiger partial charge on any atom is -0.356 e. The largest absolute Gasteiger partial charge is 0.356 e. The number of hydrogen-bond acceptors (Lipinski definition) is 3. The number of aromatic nitrogens is 5. The van der Waals surface area contributed by atoms with Gasteiger partial charge < -0.3 is 14.5 Å². The van der Waals surface area contributed by atoms with Gasteiger partial charge >= 0.3 is 0 Å². The van der Waals surface area contributed by atoms with Gasteiger partial charge in [0.1, 0.15) is 6.54 Å². The van der Waals surface area contributed by atoms with Crippen LogP contribution in [0, 0.1) is 0 Å². The zero-order valence-electron chi connectivity index (χ0n) is 19.8. The van der Waals surface area contributed by atoms with Crippen molar-refractivity contribution in [1.82, 2.24) is 24.4 Å². The standard InChI is InChI=1S/C26H36N6O/c1-3-23-12-19-31(20-13-23)17-9-6-7-11-24(33)27-14-8-4-5-10-18-32-22-16-29-26(32)25-28-15-21-30(25)2/h3,12-13,15-16,19-22H,1,4-11,14,17-18H2,2H3/p+1. The molecule has 33 heavy (non-hydrogen) atoms. The van der Waals surface area contributed by atoms with Crippen LogP contribution < -0.4 is 9.88 Å². The number of amides is 1. The van der Waals surface area contributed by atoms with Crippen molar-refractivity contribution in [1.29, 1.82) is 0 Å². The fraction of sp³-hybridized carbons (Fsp3) is 0.462. The van der Waals surface area contributed by atoms with E-state index in [0.29, 0.717) is 6.42 Å². The second-order valence-corrected chi connectivity index (χ2v) is 8.45. The van der Waals surface area contributed by atoms with Crippen molar-refractivity contribution in [2.45, 2.75) is 64.5 Å². The van der Waals surface area contributed by atoms with Crippen LogP contribution in [-0.4, -0.2) is 31.6 Å². The molecule has 3 rings (SSSR count). The number of pyridine rings is 1. The van der Waals surface area contributed by atoms with Gasteiger partial charge in [-0.15, -0.1) is 0 Å². The molecule has 0 aliphatic rings. The molecule has 0 fully saturated rings. The summed E-state index contributed by atoms with van der Waals surface area (Å²) in [6.07, 6.45) is 21.7. The minimum atomic E-state index is 0.177. The predicted molar refractivity (Wildman–Crippen MR) is 131 cm³/mol. The van der Waals surface area contributed by atoms with Crippen molar-refractivity contribution in [2.75, 3.05) is 6.54 Å². The van der Waals surface area contributed by atoms with Crippen LogP contribution in [0.2, 0.25) is 0 Å². The Hall–Kier alpha value is -3.22. The number of nitrogens with one attached hydrogen (secondary N) is 1. The molecule has 3 aromatic heterocycles. The number of nitrogens with zero attached hydrogens (tertiary/aromatic N) is 5. The molecule has 0 aromatic carbocycles. The second-order valence-electron chi connectivity index (χ2n) is 8.45. The molecule has 0 atom stereocenters. The Kier molecular flexibility index (Phi) is 9.88. The molecule has 0 unspecified atom stereocenters. The Labute approximate surface area is 197 Å². The first-order valence-electron chi connectivity index (χ1n) is 12.0. The molecule has 1 N–H and O–H groups in total. The van der Waals surface area contributed by atoms with Crippen molar-refractivity contribution in [2.24, 2.45) is 7.05 Å². The molecular weight excluding hydrogens is 412 g/mol. The molecule has 0 aliphatic heterocycles. The lowest BCUT2D eigenvalue weighted by Gasteiger charge is -2.08. The van der Waals surface area contributed by atoms with Gasteiger partial charge in [0.25, 0.3) is 0 Å². The highest BCUT2D eigenvalue weighted by molar-refractivity contribution is 5.75. The Morgan fingerprint density at radius 3 is 2.48 bits per heavy atom. The van der Waals surface area contributed by atoms with Gasteiger partial charge in [0, 0.05) is 69.9 Å². The average Bonchev–Trinajstić information content (AvgIpc) is 3.46. The molecule has 0 bridgehead atoms. The van der Waals surface area contributed by atoms with E-state index >= 15 is 0 Å². The molecule has 0 saturated heterocycles. The maximum atomic E-state index is 12.0. The summed E-state index contributed by atoms with van der Waals surface area (Å²) in [5, 5.41) is 3.06. The number of hydrogen-bond donors (Lipinski definition) is 1. The second kappa shape index (κ2) is 13.4. The Balaban J connectivity index is 1.18. The van der Waals surface area contributed by atoms with Crippen LogP contribution in [0.1, 0.15) is 56.9 Å². The van der Waals surface area contributed by atoms with Gasteiger partial charge in [-0.25, -0.2) is 14.5 Å². The zero-order valence-corrected chi connectivity index (χ0v) is 19.8. The third kappa shape index (κ3) is 8.00. The lowest BCUT2D eigenvalue weighted by molar-refractivity contribution is -0.697. The number of aryl methyl sites for hydroxylation is 3. The first kappa shape index (κ1) is 24.4. The van der Waals surface area contributed by atoms with Gasteiger partial charge in [-0.2, -0.15) is 0 Å². The van der Waals surface area contributed by atoms with Crippen molar-refractivity contribution in [3.05, 3.63) is 61.5 Å². The first-order valence-corrected chi connectivity index (χ1v) is 12.0. The number of carbonyl (C=O) groups is 1. The van der Waals surface area contributed by atoms with E-state index in [1.54, 1.807) is 6.20 Å². The summed E-state index contributed by atoms with van der Waals surface area (Å²) in [5.41, 5.74) is 1.14. The number of unbranched alkanes of at least 4 members (excludes halogenated alkanes) is 5. The average molecular weight is 450 g/mol. The minimum absolute atomic E-state index is 0.177. The van der Waals surface area contributed by atoms with Gasteiger partial charge in [-0.05, 0) is 31.2 Å². The Morgan fingerprint density at radius 1 is 1.00 bits per heavy atom. The molecule has 0 radical (unpaired) electrons. The van der Waals surface area contributed by atoms with Crippen molar-refractivity contribution in [3.63, 3.8) is 0 Å². The molecule has 176 valence electrons. The molecule has 3 aromatic rings. The summed E-state index contributed by atoms with van der Waals surface area (Å²) in [6, 6.07) is 4.13. The van der Waals surface area contributed by atoms with E-state index in [9.17, 15) is 4.79 Å². The van der Waals surface area contributed by atoms with Crippen LogP contribution >= 0.6 is 0 Å². The smallest absolute Gasteiger partial charge is 0.219 e. The molecule has 3 heterocycles. The van der Waals surface area contributed by atoms with Gasteiger partial charge in [0.15, 0.2) is 24.0 Å². The monoisotopic (exact) mass is 449 g/mol. The Bertz CT molecular complexity index is 988. The van der Waals surface area contributed by atoms with E-state index < -0.39 is 0 Å². The maximum absolute atomic E-state index is 12.0. The van der Waals surface area contributed by atoms with E-state index in [1.807, 2.05) is 36.3 Å². The van der Waals surface area contributed by atoms with Gasteiger partial charge in [0.05, 0.1) is 0 Å². The summed E-state index contributed by atoms with van der Waals surface area (Å²) in [4.78, 5) is 20.9. The molecule has 0 spiro atoms. The van der Waals surface area contributed by atoms with Crippen molar-refractivity contribution >= 4 is 12.0 Å². The predicted octanol–water partition coefficient (Wildman–Crippen LogP) is 4.15. The highest BCUT2D eigenvalue weighted by Crippen LogP contribution is 2.15. The summed E-state index contributed by atoms with van der Waals surface area (Å²) in [5.74, 6) is 1.98. The van der Waals surface area contributed by atoms with E-state index in [1.165, 1.54) is 0 Å². The first-order chi connectivity index (χ1) is 16.2. The number of rotatable bonds is 15. The molecule has 0 aliphatic carbocycles. The fourth-order valence-electron chi connectivity index (χ4n) is 3.86. The zero-order chi connectivity index (χ0) is 23.3. The van der Waals surface area contributed by atoms with Gasteiger partial charge in [-0.1, -0.05) is 25.5 Å². The third-order valence-electron chi connectivity index (χ3n) is 5.86. The van der Waals surface area contributed by atoms with Crippen LogP contribution in [0.5, 0.6) is 0 Å². The molecule has 0 saturated carbocycles. The summed E-state index contributed by atoms with van der Waals surface area (Å²) < 4.78 is 6.33. The van der Waals surface area contributed by atoms with E-state index in [0.717, 1.165) is 81.8 Å². The van der Waals surface area contributed by atoms with Crippen LogP contribution in [-0.2, 0) is 24.9 Å². The maximum Gasteiger partial charge on any atom is 0.219 e. The normalized spacial score (nSPS) is 10.9. The van der Waals surface area contributed by atoms with Crippen LogP contribution in [0.4, 0.5) is 0 Å². The highest BCUT2D eigenvalue weighted by atomic mass is 16.1. The summed E-state index contributed by atoms with van der Waals surface area (Å²) in [7, 11) is 1.98. The lowest BCUT2D eigenvalue weighted by Crippen LogP contribution is -2.32. The number of carbonyl (C=O) groups excluding carboxylic acids is 1. The van der Waals surface area contributed by atoms with Gasteiger partial charge in [0.2, 0.25) is 5.91 Å². The van der Waals surface area contributed by atoms with Crippen molar-refractivity contribution in [3.8, 4) is 11.6 Å². The van der Waals surface area contributed by atoms with E-state index in [4.69, 9.17) is 0 Å². The summed E-state index contributed by atoms with van der Waals surface area (Å²) >= 11 is 0. The molecular formula is C26H37N6O+. The van der Waals surface area contributed by atoms with Crippen LogP contribution in [0.25, 0.3) is 17.7 Å². The van der Waals surface area contributed by atoms with Gasteiger partial charge in [-0.3, -0.25) is 4.79 Å². The van der Waals surface area contributed by atoms with E-state index in [2.05, 4.69) is 55.5 Å². The van der Waals surface area contributed by atoms with Crippen molar-refractivity contribution < 1.29 is 9.36 Å². The molecule has 7 nitrogen and oxygen atoms in total. The Morgan fingerprint density at radius 2 is 1.73 bits per heavy atom. The third-order valence-corrected chi connectivity index (χ3v) is 5.86. The highest BCUT2D eigenvalue weighted by Gasteiger charge is 2.10. The van der Waals surface area contributed by atoms with E-state index in [-0.39, 0.29) is 5.91 Å². The van der Waals surface area contributed by atoms with Crippen LogP contribution in [0.3, 0.4) is 0 Å². The number of imidazole rings is 2. The topological polar surface area (TPSA) is 68.6 Å².